The van der Waals surface area contributed by atoms with Crippen molar-refractivity contribution in [3.05, 3.63) is 72.1 Å². The molecule has 0 spiro atoms. The SMILES string of the molecule is CC1(C(=O)OC[N+]2(C)C=CN=C2)c2ccccc2Oc2ccccc21. The molecule has 0 radical (unpaired) electrons. The molecule has 2 aromatic rings. The molecular weight excluding hydrogens is 316 g/mol. The third-order valence-corrected chi connectivity index (χ3v) is 4.78. The van der Waals surface area contributed by atoms with E-state index in [0.717, 1.165) is 11.1 Å². The van der Waals surface area contributed by atoms with Crippen LogP contribution in [0.3, 0.4) is 0 Å². The maximum atomic E-state index is 13.2. The van der Waals surface area contributed by atoms with Crippen molar-refractivity contribution in [2.45, 2.75) is 12.3 Å². The summed E-state index contributed by atoms with van der Waals surface area (Å²) < 4.78 is 12.0. The minimum Gasteiger partial charge on any atom is -0.457 e. The predicted molar refractivity (Wildman–Crippen MR) is 94.2 cm³/mol. The topological polar surface area (TPSA) is 47.9 Å². The lowest BCUT2D eigenvalue weighted by molar-refractivity contribution is -0.778. The van der Waals surface area contributed by atoms with Gasteiger partial charge in [-0.15, -0.1) is 0 Å². The molecule has 2 aliphatic heterocycles. The monoisotopic (exact) mass is 335 g/mol. The van der Waals surface area contributed by atoms with Crippen molar-refractivity contribution in [2.24, 2.45) is 4.99 Å². The second kappa shape index (κ2) is 5.57. The second-order valence-electron chi connectivity index (χ2n) is 6.69. The lowest BCUT2D eigenvalue weighted by Crippen LogP contribution is -2.43. The van der Waals surface area contributed by atoms with Crippen molar-refractivity contribution < 1.29 is 18.8 Å². The molecule has 0 N–H and O–H groups in total. The Labute approximate surface area is 146 Å². The van der Waals surface area contributed by atoms with Gasteiger partial charge in [0.05, 0.1) is 13.2 Å². The van der Waals surface area contributed by atoms with Crippen LogP contribution in [0.2, 0.25) is 0 Å². The normalized spacial score (nSPS) is 22.0. The van der Waals surface area contributed by atoms with Gasteiger partial charge in [-0.25, -0.2) is 9.48 Å². The molecule has 0 aliphatic carbocycles. The van der Waals surface area contributed by atoms with E-state index in [1.54, 1.807) is 12.5 Å². The van der Waals surface area contributed by atoms with Gasteiger partial charge in [0.15, 0.2) is 6.34 Å². The van der Waals surface area contributed by atoms with Gasteiger partial charge in [0.2, 0.25) is 6.73 Å². The number of ether oxygens (including phenoxy) is 2. The summed E-state index contributed by atoms with van der Waals surface area (Å²) in [5.74, 6) is 1.07. The van der Waals surface area contributed by atoms with Crippen molar-refractivity contribution in [1.29, 1.82) is 0 Å². The molecule has 5 heteroatoms. The van der Waals surface area contributed by atoms with Crippen molar-refractivity contribution in [2.75, 3.05) is 13.8 Å². The van der Waals surface area contributed by atoms with E-state index in [2.05, 4.69) is 4.99 Å². The molecule has 0 fully saturated rings. The molecule has 4 rings (SSSR count). The Bertz CT molecular complexity index is 844. The molecule has 2 heterocycles. The highest BCUT2D eigenvalue weighted by molar-refractivity contribution is 5.90. The highest BCUT2D eigenvalue weighted by Gasteiger charge is 2.46. The molecule has 0 amide bonds. The van der Waals surface area contributed by atoms with Gasteiger partial charge in [0, 0.05) is 11.1 Å². The standard InChI is InChI=1S/C20H19N2O3/c1-20(19(23)24-14-22(2)12-11-21-13-22)15-7-3-5-9-17(15)25-18-10-6-4-8-16(18)20/h3-13H,14H2,1-2H3/q+1. The minimum absolute atomic E-state index is 0.194. The van der Waals surface area contributed by atoms with E-state index in [1.807, 2.05) is 68.7 Å². The number of aliphatic imine (C=N–C) groups is 1. The minimum atomic E-state index is -0.925. The number of rotatable bonds is 3. The molecule has 0 bridgehead atoms. The van der Waals surface area contributed by atoms with Gasteiger partial charge in [-0.1, -0.05) is 36.4 Å². The fraction of sp³-hybridized carbons (Fsp3) is 0.200. The lowest BCUT2D eigenvalue weighted by Gasteiger charge is -2.35. The first kappa shape index (κ1) is 15.6. The van der Waals surface area contributed by atoms with Gasteiger partial charge < -0.3 is 9.47 Å². The van der Waals surface area contributed by atoms with Crippen molar-refractivity contribution in [3.8, 4) is 11.5 Å². The van der Waals surface area contributed by atoms with Crippen LogP contribution >= 0.6 is 0 Å². The van der Waals surface area contributed by atoms with Gasteiger partial charge in [-0.3, -0.25) is 4.79 Å². The predicted octanol–water partition coefficient (Wildman–Crippen LogP) is 3.56. The van der Waals surface area contributed by atoms with Crippen LogP contribution in [0.4, 0.5) is 0 Å². The number of nitrogens with zero attached hydrogens (tertiary/aromatic N) is 2. The van der Waals surface area contributed by atoms with Gasteiger partial charge in [-0.05, 0) is 19.1 Å². The molecule has 2 aromatic carbocycles. The summed E-state index contributed by atoms with van der Waals surface area (Å²) in [6, 6.07) is 15.2. The highest BCUT2D eigenvalue weighted by atomic mass is 16.5. The van der Waals surface area contributed by atoms with Crippen LogP contribution in [-0.2, 0) is 14.9 Å². The van der Waals surface area contributed by atoms with E-state index in [0.29, 0.717) is 16.0 Å². The van der Waals surface area contributed by atoms with Crippen molar-refractivity contribution >= 4 is 12.3 Å². The number of hydrogen-bond donors (Lipinski definition) is 0. The van der Waals surface area contributed by atoms with E-state index < -0.39 is 5.41 Å². The Balaban J connectivity index is 1.73. The summed E-state index contributed by atoms with van der Waals surface area (Å²) in [5.41, 5.74) is 0.699. The first-order valence-corrected chi connectivity index (χ1v) is 8.14. The van der Waals surface area contributed by atoms with Gasteiger partial charge in [0.25, 0.3) is 0 Å². The van der Waals surface area contributed by atoms with E-state index in [9.17, 15) is 4.79 Å². The van der Waals surface area contributed by atoms with Crippen molar-refractivity contribution in [3.63, 3.8) is 0 Å². The Morgan fingerprint density at radius 2 is 1.72 bits per heavy atom. The second-order valence-corrected chi connectivity index (χ2v) is 6.69. The molecule has 2 aliphatic rings. The number of hydrogen-bond acceptors (Lipinski definition) is 4. The van der Waals surface area contributed by atoms with E-state index in [1.165, 1.54) is 0 Å². The van der Waals surface area contributed by atoms with Crippen LogP contribution in [0.25, 0.3) is 0 Å². The quantitative estimate of drug-likeness (QED) is 0.636. The van der Waals surface area contributed by atoms with E-state index in [-0.39, 0.29) is 12.7 Å². The third-order valence-electron chi connectivity index (χ3n) is 4.78. The summed E-state index contributed by atoms with van der Waals surface area (Å²) in [7, 11) is 1.93. The largest absolute Gasteiger partial charge is 0.457 e. The molecule has 5 nitrogen and oxygen atoms in total. The van der Waals surface area contributed by atoms with Gasteiger partial charge in [0.1, 0.15) is 23.1 Å². The first-order chi connectivity index (χ1) is 12.0. The molecule has 126 valence electrons. The van der Waals surface area contributed by atoms with Crippen LogP contribution < -0.4 is 4.74 Å². The molecule has 1 unspecified atom stereocenters. The summed E-state index contributed by atoms with van der Waals surface area (Å²) in [6.45, 7) is 2.09. The molecule has 25 heavy (non-hydrogen) atoms. The summed E-state index contributed by atoms with van der Waals surface area (Å²) in [5, 5.41) is 0. The third kappa shape index (κ3) is 2.44. The molecule has 0 aromatic heterocycles. The van der Waals surface area contributed by atoms with Crippen LogP contribution in [0.1, 0.15) is 18.1 Å². The van der Waals surface area contributed by atoms with Crippen LogP contribution in [0, 0.1) is 0 Å². The zero-order chi connectivity index (χ0) is 17.5. The average Bonchev–Trinajstić information content (AvgIpc) is 3.07. The number of benzene rings is 2. The number of carbonyl (C=O) groups is 1. The smallest absolute Gasteiger partial charge is 0.325 e. The zero-order valence-corrected chi connectivity index (χ0v) is 14.2. The van der Waals surface area contributed by atoms with Crippen LogP contribution in [0.15, 0.2) is 65.9 Å². The molecule has 0 saturated heterocycles. The van der Waals surface area contributed by atoms with Gasteiger partial charge >= 0.3 is 5.97 Å². The number of esters is 1. The number of fused-ring (bicyclic) bond motifs is 2. The van der Waals surface area contributed by atoms with E-state index >= 15 is 0 Å². The Morgan fingerprint density at radius 3 is 2.28 bits per heavy atom. The average molecular weight is 335 g/mol. The summed E-state index contributed by atoms with van der Waals surface area (Å²) >= 11 is 0. The Kier molecular flexibility index (Phi) is 3.47. The lowest BCUT2D eigenvalue weighted by atomic mass is 9.74. The number of para-hydroxylation sites is 2. The van der Waals surface area contributed by atoms with Crippen molar-refractivity contribution in [1.82, 2.24) is 0 Å². The van der Waals surface area contributed by atoms with Crippen LogP contribution in [0.5, 0.6) is 11.5 Å². The fourth-order valence-corrected chi connectivity index (χ4v) is 3.26. The maximum absolute atomic E-state index is 13.2. The molecular formula is C20H19N2O3+. The summed E-state index contributed by atoms with van der Waals surface area (Å²) in [4.78, 5) is 17.3. The highest BCUT2D eigenvalue weighted by Crippen LogP contribution is 2.48. The number of carbonyl (C=O) groups excluding carboxylic acids is 1. The van der Waals surface area contributed by atoms with Crippen LogP contribution in [-0.4, -0.2) is 30.6 Å². The zero-order valence-electron chi connectivity index (χ0n) is 14.2. The number of quaternary nitrogens is 1. The maximum Gasteiger partial charge on any atom is 0.325 e. The first-order valence-electron chi connectivity index (χ1n) is 8.14. The molecule has 0 saturated carbocycles. The van der Waals surface area contributed by atoms with Gasteiger partial charge in [-0.2, -0.15) is 0 Å². The molecule has 1 atom stereocenters. The summed E-state index contributed by atoms with van der Waals surface area (Å²) in [6.07, 6.45) is 5.32. The Morgan fingerprint density at radius 1 is 1.12 bits per heavy atom. The fourth-order valence-electron chi connectivity index (χ4n) is 3.26. The van der Waals surface area contributed by atoms with E-state index in [4.69, 9.17) is 9.47 Å². The Hall–Kier alpha value is -2.92.